The SMILES string of the molecule is NNC(c1ccccc1OC(F)(F)F)C(F)F. The number of ether oxygens (including phenoxy) is 1. The predicted molar refractivity (Wildman–Crippen MR) is 49.2 cm³/mol. The number of nitrogens with one attached hydrogen (secondary N) is 1. The van der Waals surface area contributed by atoms with Crippen molar-refractivity contribution in [3.63, 3.8) is 0 Å². The zero-order chi connectivity index (χ0) is 13.1. The van der Waals surface area contributed by atoms with E-state index in [9.17, 15) is 22.0 Å². The first-order valence-electron chi connectivity index (χ1n) is 4.44. The average Bonchev–Trinajstić information content (AvgIpc) is 2.18. The van der Waals surface area contributed by atoms with Crippen LogP contribution in [0.1, 0.15) is 11.6 Å². The van der Waals surface area contributed by atoms with Crippen LogP contribution in [0, 0.1) is 0 Å². The highest BCUT2D eigenvalue weighted by atomic mass is 19.4. The van der Waals surface area contributed by atoms with E-state index in [1.165, 1.54) is 12.1 Å². The largest absolute Gasteiger partial charge is 0.573 e. The zero-order valence-corrected chi connectivity index (χ0v) is 8.34. The quantitative estimate of drug-likeness (QED) is 0.494. The maximum absolute atomic E-state index is 12.5. The molecular weight excluding hydrogens is 247 g/mol. The standard InChI is InChI=1S/C9H9F5N2O/c10-8(11)7(16-15)5-3-1-2-4-6(5)17-9(12,13)14/h1-4,7-8,16H,15H2. The maximum Gasteiger partial charge on any atom is 0.573 e. The summed E-state index contributed by atoms with van der Waals surface area (Å²) >= 11 is 0. The van der Waals surface area contributed by atoms with Gasteiger partial charge in [0.15, 0.2) is 0 Å². The maximum atomic E-state index is 12.5. The Kier molecular flexibility index (Phi) is 4.24. The molecule has 3 nitrogen and oxygen atoms in total. The van der Waals surface area contributed by atoms with E-state index in [4.69, 9.17) is 5.84 Å². The van der Waals surface area contributed by atoms with Crippen LogP contribution in [0.15, 0.2) is 24.3 Å². The number of hydrazine groups is 1. The molecule has 0 spiro atoms. The summed E-state index contributed by atoms with van der Waals surface area (Å²) in [6.45, 7) is 0. The first-order chi connectivity index (χ1) is 7.85. The number of para-hydroxylation sites is 1. The second-order valence-corrected chi connectivity index (χ2v) is 3.06. The number of rotatable bonds is 4. The highest BCUT2D eigenvalue weighted by Crippen LogP contribution is 2.32. The van der Waals surface area contributed by atoms with Crippen LogP contribution in [0.5, 0.6) is 5.75 Å². The van der Waals surface area contributed by atoms with Gasteiger partial charge >= 0.3 is 6.36 Å². The normalized spacial score (nSPS) is 13.8. The third-order valence-corrected chi connectivity index (χ3v) is 1.91. The Morgan fingerprint density at radius 3 is 2.24 bits per heavy atom. The van der Waals surface area contributed by atoms with E-state index in [2.05, 4.69) is 4.74 Å². The molecular formula is C9H9F5N2O. The summed E-state index contributed by atoms with van der Waals surface area (Å²) in [4.78, 5) is 0. The Balaban J connectivity index is 3.06. The Morgan fingerprint density at radius 1 is 1.18 bits per heavy atom. The lowest BCUT2D eigenvalue weighted by Crippen LogP contribution is -2.33. The third-order valence-electron chi connectivity index (χ3n) is 1.91. The molecule has 0 aliphatic heterocycles. The van der Waals surface area contributed by atoms with Gasteiger partial charge in [-0.15, -0.1) is 13.2 Å². The fraction of sp³-hybridized carbons (Fsp3) is 0.333. The van der Waals surface area contributed by atoms with Crippen molar-refractivity contribution in [1.29, 1.82) is 0 Å². The molecule has 0 saturated carbocycles. The van der Waals surface area contributed by atoms with Gasteiger partial charge in [-0.05, 0) is 6.07 Å². The van der Waals surface area contributed by atoms with E-state index in [1.54, 1.807) is 5.43 Å². The monoisotopic (exact) mass is 256 g/mol. The van der Waals surface area contributed by atoms with Crippen molar-refractivity contribution in [1.82, 2.24) is 5.43 Å². The first kappa shape index (κ1) is 13.7. The van der Waals surface area contributed by atoms with Gasteiger partial charge in [0.2, 0.25) is 0 Å². The summed E-state index contributed by atoms with van der Waals surface area (Å²) < 4.78 is 64.8. The lowest BCUT2D eigenvalue weighted by Gasteiger charge is -2.19. The number of alkyl halides is 5. The summed E-state index contributed by atoms with van der Waals surface area (Å²) in [5.74, 6) is 4.17. The minimum absolute atomic E-state index is 0.359. The van der Waals surface area contributed by atoms with Gasteiger partial charge in [-0.1, -0.05) is 18.2 Å². The highest BCUT2D eigenvalue weighted by Gasteiger charge is 2.34. The molecule has 0 aliphatic carbocycles. The van der Waals surface area contributed by atoms with Crippen molar-refractivity contribution < 1.29 is 26.7 Å². The topological polar surface area (TPSA) is 47.3 Å². The molecule has 1 aromatic carbocycles. The number of nitrogens with two attached hydrogens (primary N) is 1. The van der Waals surface area contributed by atoms with Crippen LogP contribution < -0.4 is 16.0 Å². The van der Waals surface area contributed by atoms with Gasteiger partial charge in [-0.25, -0.2) is 14.2 Å². The summed E-state index contributed by atoms with van der Waals surface area (Å²) in [6.07, 6.45) is -7.91. The van der Waals surface area contributed by atoms with Crippen molar-refractivity contribution in [3.8, 4) is 5.75 Å². The van der Waals surface area contributed by atoms with E-state index >= 15 is 0 Å². The minimum Gasteiger partial charge on any atom is -0.405 e. The summed E-state index contributed by atoms with van der Waals surface area (Å²) in [7, 11) is 0. The second-order valence-electron chi connectivity index (χ2n) is 3.06. The molecule has 1 aromatic rings. The van der Waals surface area contributed by atoms with Crippen molar-refractivity contribution >= 4 is 0 Å². The molecule has 0 aliphatic rings. The Morgan fingerprint density at radius 2 is 1.76 bits per heavy atom. The highest BCUT2D eigenvalue weighted by molar-refractivity contribution is 5.36. The molecule has 0 amide bonds. The molecule has 8 heteroatoms. The van der Waals surface area contributed by atoms with E-state index in [0.29, 0.717) is 0 Å². The van der Waals surface area contributed by atoms with Crippen molar-refractivity contribution in [2.45, 2.75) is 18.8 Å². The number of benzene rings is 1. The van der Waals surface area contributed by atoms with Gasteiger partial charge in [0.05, 0.1) is 0 Å². The first-order valence-corrected chi connectivity index (χ1v) is 4.44. The van der Waals surface area contributed by atoms with Gasteiger partial charge in [0.25, 0.3) is 6.43 Å². The van der Waals surface area contributed by atoms with Gasteiger partial charge in [-0.2, -0.15) is 0 Å². The molecule has 0 saturated heterocycles. The molecule has 0 heterocycles. The van der Waals surface area contributed by atoms with Crippen LogP contribution in [0.4, 0.5) is 22.0 Å². The number of halogens is 5. The molecule has 1 unspecified atom stereocenters. The third kappa shape index (κ3) is 3.82. The Labute approximate surface area is 93.3 Å². The summed E-state index contributed by atoms with van der Waals surface area (Å²) in [5.41, 5.74) is 1.39. The lowest BCUT2D eigenvalue weighted by molar-refractivity contribution is -0.275. The number of hydrogen-bond acceptors (Lipinski definition) is 3. The molecule has 96 valence electrons. The van der Waals surface area contributed by atoms with E-state index in [-0.39, 0.29) is 5.56 Å². The van der Waals surface area contributed by atoms with E-state index in [0.717, 1.165) is 12.1 Å². The van der Waals surface area contributed by atoms with E-state index < -0.39 is 24.6 Å². The molecule has 1 rings (SSSR count). The van der Waals surface area contributed by atoms with Crippen LogP contribution >= 0.6 is 0 Å². The van der Waals surface area contributed by atoms with Gasteiger partial charge < -0.3 is 4.74 Å². The predicted octanol–water partition coefficient (Wildman–Crippen LogP) is 2.35. The molecule has 17 heavy (non-hydrogen) atoms. The van der Waals surface area contributed by atoms with Crippen LogP contribution in [0.25, 0.3) is 0 Å². The smallest absolute Gasteiger partial charge is 0.405 e. The Hall–Kier alpha value is -1.41. The van der Waals surface area contributed by atoms with E-state index in [1.807, 2.05) is 0 Å². The Bertz CT molecular complexity index is 369. The van der Waals surface area contributed by atoms with Gasteiger partial charge in [0, 0.05) is 5.56 Å². The van der Waals surface area contributed by atoms with Crippen LogP contribution in [0.3, 0.4) is 0 Å². The van der Waals surface area contributed by atoms with Crippen LogP contribution in [-0.2, 0) is 0 Å². The molecule has 3 N–H and O–H groups in total. The van der Waals surface area contributed by atoms with Crippen molar-refractivity contribution in [3.05, 3.63) is 29.8 Å². The molecule has 1 atom stereocenters. The average molecular weight is 256 g/mol. The fourth-order valence-electron chi connectivity index (χ4n) is 1.25. The minimum atomic E-state index is -4.95. The fourth-order valence-corrected chi connectivity index (χ4v) is 1.25. The molecule has 0 bridgehead atoms. The van der Waals surface area contributed by atoms with Crippen LogP contribution in [0.2, 0.25) is 0 Å². The summed E-state index contributed by atoms with van der Waals surface area (Å²) in [6, 6.07) is 2.84. The molecule has 0 radical (unpaired) electrons. The van der Waals surface area contributed by atoms with Gasteiger partial charge in [0.1, 0.15) is 11.8 Å². The molecule has 0 fully saturated rings. The number of hydrogen-bond donors (Lipinski definition) is 2. The summed E-state index contributed by atoms with van der Waals surface area (Å²) in [5, 5.41) is 0. The molecule has 0 aromatic heterocycles. The van der Waals surface area contributed by atoms with Crippen molar-refractivity contribution in [2.75, 3.05) is 0 Å². The van der Waals surface area contributed by atoms with Gasteiger partial charge in [-0.3, -0.25) is 5.84 Å². The van der Waals surface area contributed by atoms with Crippen LogP contribution in [-0.4, -0.2) is 12.8 Å². The zero-order valence-electron chi connectivity index (χ0n) is 8.34. The van der Waals surface area contributed by atoms with Crippen molar-refractivity contribution in [2.24, 2.45) is 5.84 Å². The second kappa shape index (κ2) is 5.28. The lowest BCUT2D eigenvalue weighted by atomic mass is 10.1.